The Labute approximate surface area is 71.4 Å². The Kier molecular flexibility index (Phi) is 3.73. The maximum absolute atomic E-state index is 11.8. The van der Waals surface area contributed by atoms with Crippen LogP contribution in [-0.2, 0) is 13.0 Å². The molecule has 0 aromatic carbocycles. The Bertz CT molecular complexity index is 222. The molecule has 0 aliphatic carbocycles. The molecule has 0 saturated heterocycles. The van der Waals surface area contributed by atoms with E-state index in [1.54, 1.807) is 10.9 Å². The molecule has 12 heavy (non-hydrogen) atoms. The van der Waals surface area contributed by atoms with Crippen LogP contribution in [0.2, 0.25) is 0 Å². The molecule has 4 heteroatoms. The van der Waals surface area contributed by atoms with Crippen LogP contribution in [0.1, 0.15) is 12.0 Å². The van der Waals surface area contributed by atoms with Gasteiger partial charge in [-0.25, -0.2) is 0 Å². The Morgan fingerprint density at radius 2 is 2.42 bits per heavy atom. The van der Waals surface area contributed by atoms with Gasteiger partial charge in [0.1, 0.15) is 0 Å². The molecule has 0 bridgehead atoms. The van der Waals surface area contributed by atoms with Gasteiger partial charge in [0, 0.05) is 12.7 Å². The van der Waals surface area contributed by atoms with Crippen LogP contribution in [-0.4, -0.2) is 23.0 Å². The Morgan fingerprint density at radius 1 is 1.58 bits per heavy atom. The number of alkyl halides is 1. The third-order valence-electron chi connectivity index (χ3n) is 1.64. The predicted octanol–water partition coefficient (Wildman–Crippen LogP) is 0.744. The molecule has 0 saturated carbocycles. The summed E-state index contributed by atoms with van der Waals surface area (Å²) < 4.78 is 13.5. The molecule has 3 nitrogen and oxygen atoms in total. The maximum Gasteiger partial charge on any atom is 0.0912 e. The molecule has 0 fully saturated rings. The van der Waals surface area contributed by atoms with E-state index >= 15 is 0 Å². The van der Waals surface area contributed by atoms with E-state index in [1.165, 1.54) is 0 Å². The van der Waals surface area contributed by atoms with E-state index < -0.39 is 0 Å². The number of hydrogen-bond donors (Lipinski definition) is 1. The highest BCUT2D eigenvalue weighted by molar-refractivity contribution is 5.03. The lowest BCUT2D eigenvalue weighted by atomic mass is 10.3. The second kappa shape index (κ2) is 4.87. The molecule has 0 atom stereocenters. The number of rotatable bonds is 5. The van der Waals surface area contributed by atoms with Gasteiger partial charge in [0.2, 0.25) is 0 Å². The maximum atomic E-state index is 11.8. The largest absolute Gasteiger partial charge is 0.330 e. The fourth-order valence-corrected chi connectivity index (χ4v) is 1.05. The quantitative estimate of drug-likeness (QED) is 0.710. The lowest BCUT2D eigenvalue weighted by Crippen LogP contribution is -2.02. The zero-order valence-electron chi connectivity index (χ0n) is 7.04. The van der Waals surface area contributed by atoms with Gasteiger partial charge in [0.25, 0.3) is 0 Å². The lowest BCUT2D eigenvalue weighted by molar-refractivity contribution is 0.434. The molecular formula is C8H14FN3. The van der Waals surface area contributed by atoms with E-state index in [2.05, 4.69) is 5.10 Å². The summed E-state index contributed by atoms with van der Waals surface area (Å²) in [6.07, 6.45) is 5.08. The summed E-state index contributed by atoms with van der Waals surface area (Å²) in [5, 5.41) is 4.07. The normalized spacial score (nSPS) is 10.5. The summed E-state index contributed by atoms with van der Waals surface area (Å²) >= 11 is 0. The number of nitrogens with two attached hydrogens (primary N) is 1. The van der Waals surface area contributed by atoms with E-state index in [0.717, 1.165) is 12.0 Å². The van der Waals surface area contributed by atoms with Gasteiger partial charge in [0.15, 0.2) is 0 Å². The van der Waals surface area contributed by atoms with Crippen LogP contribution < -0.4 is 5.73 Å². The molecule has 1 rings (SSSR count). The van der Waals surface area contributed by atoms with Crippen LogP contribution in [0.3, 0.4) is 0 Å². The molecule has 68 valence electrons. The average molecular weight is 171 g/mol. The van der Waals surface area contributed by atoms with Crippen molar-refractivity contribution in [2.75, 3.05) is 13.2 Å². The molecule has 0 spiro atoms. The first kappa shape index (κ1) is 9.19. The molecule has 2 N–H and O–H groups in total. The zero-order valence-corrected chi connectivity index (χ0v) is 7.04. The van der Waals surface area contributed by atoms with Gasteiger partial charge in [-0.15, -0.1) is 0 Å². The summed E-state index contributed by atoms with van der Waals surface area (Å²) in [6.45, 7) is 1.00. The first-order valence-corrected chi connectivity index (χ1v) is 4.14. The third kappa shape index (κ3) is 2.62. The highest BCUT2D eigenvalue weighted by Crippen LogP contribution is 1.98. The van der Waals surface area contributed by atoms with Crippen LogP contribution in [0, 0.1) is 0 Å². The predicted molar refractivity (Wildman–Crippen MR) is 45.6 cm³/mol. The fraction of sp³-hybridized carbons (Fsp3) is 0.625. The first-order valence-electron chi connectivity index (χ1n) is 4.14. The number of hydrogen-bond acceptors (Lipinski definition) is 2. The lowest BCUT2D eigenvalue weighted by Gasteiger charge is -1.96. The SMILES string of the molecule is NCCc1cnn(CCCF)c1. The number of aryl methyl sites for hydroxylation is 1. The van der Waals surface area contributed by atoms with Crippen molar-refractivity contribution in [2.24, 2.45) is 5.73 Å². The van der Waals surface area contributed by atoms with Crippen LogP contribution in [0.4, 0.5) is 4.39 Å². The number of halogens is 1. The monoisotopic (exact) mass is 171 g/mol. The van der Waals surface area contributed by atoms with Crippen molar-refractivity contribution >= 4 is 0 Å². The standard InChI is InChI=1S/C8H14FN3/c9-3-1-5-12-7-8(2-4-10)6-11-12/h6-7H,1-5,10H2. The summed E-state index contributed by atoms with van der Waals surface area (Å²) in [4.78, 5) is 0. The molecule has 0 radical (unpaired) electrons. The minimum Gasteiger partial charge on any atom is -0.330 e. The fourth-order valence-electron chi connectivity index (χ4n) is 1.05. The van der Waals surface area contributed by atoms with Crippen LogP contribution in [0.25, 0.3) is 0 Å². The smallest absolute Gasteiger partial charge is 0.0912 e. The molecule has 0 amide bonds. The van der Waals surface area contributed by atoms with Crippen molar-refractivity contribution in [3.63, 3.8) is 0 Å². The molecular weight excluding hydrogens is 157 g/mol. The molecule has 1 heterocycles. The summed E-state index contributed by atoms with van der Waals surface area (Å²) in [5.41, 5.74) is 6.49. The van der Waals surface area contributed by atoms with Crippen LogP contribution >= 0.6 is 0 Å². The number of aromatic nitrogens is 2. The van der Waals surface area contributed by atoms with E-state index in [-0.39, 0.29) is 6.67 Å². The van der Waals surface area contributed by atoms with E-state index in [0.29, 0.717) is 19.5 Å². The van der Waals surface area contributed by atoms with Crippen molar-refractivity contribution < 1.29 is 4.39 Å². The molecule has 0 aliphatic rings. The molecule has 1 aromatic heterocycles. The van der Waals surface area contributed by atoms with Gasteiger partial charge >= 0.3 is 0 Å². The van der Waals surface area contributed by atoms with Crippen LogP contribution in [0.5, 0.6) is 0 Å². The van der Waals surface area contributed by atoms with Crippen molar-refractivity contribution in [1.29, 1.82) is 0 Å². The summed E-state index contributed by atoms with van der Waals surface area (Å²) in [5.74, 6) is 0. The van der Waals surface area contributed by atoms with Crippen molar-refractivity contribution in [1.82, 2.24) is 9.78 Å². The molecule has 1 aromatic rings. The molecule has 0 unspecified atom stereocenters. The van der Waals surface area contributed by atoms with E-state index in [9.17, 15) is 4.39 Å². The topological polar surface area (TPSA) is 43.8 Å². The average Bonchev–Trinajstić information content (AvgIpc) is 2.50. The summed E-state index contributed by atoms with van der Waals surface area (Å²) in [7, 11) is 0. The third-order valence-corrected chi connectivity index (χ3v) is 1.64. The van der Waals surface area contributed by atoms with Gasteiger partial charge < -0.3 is 5.73 Å². The Balaban J connectivity index is 2.41. The molecule has 0 aliphatic heterocycles. The Hall–Kier alpha value is -0.900. The summed E-state index contributed by atoms with van der Waals surface area (Å²) in [6, 6.07) is 0. The second-order valence-electron chi connectivity index (χ2n) is 2.69. The van der Waals surface area contributed by atoms with Crippen molar-refractivity contribution in [2.45, 2.75) is 19.4 Å². The van der Waals surface area contributed by atoms with Gasteiger partial charge in [-0.05, 0) is 24.9 Å². The van der Waals surface area contributed by atoms with E-state index in [1.807, 2.05) is 6.20 Å². The second-order valence-corrected chi connectivity index (χ2v) is 2.69. The van der Waals surface area contributed by atoms with E-state index in [4.69, 9.17) is 5.73 Å². The van der Waals surface area contributed by atoms with Crippen molar-refractivity contribution in [3.8, 4) is 0 Å². The zero-order chi connectivity index (χ0) is 8.81. The van der Waals surface area contributed by atoms with Gasteiger partial charge in [0.05, 0.1) is 12.9 Å². The highest BCUT2D eigenvalue weighted by Gasteiger charge is 1.96. The number of nitrogens with zero attached hydrogens (tertiary/aromatic N) is 2. The minimum atomic E-state index is -0.286. The first-order chi connectivity index (χ1) is 5.86. The Morgan fingerprint density at radius 3 is 3.08 bits per heavy atom. The van der Waals surface area contributed by atoms with Crippen LogP contribution in [0.15, 0.2) is 12.4 Å². The van der Waals surface area contributed by atoms with Gasteiger partial charge in [-0.2, -0.15) is 5.10 Å². The highest BCUT2D eigenvalue weighted by atomic mass is 19.1. The van der Waals surface area contributed by atoms with Crippen molar-refractivity contribution in [3.05, 3.63) is 18.0 Å². The minimum absolute atomic E-state index is 0.286. The van der Waals surface area contributed by atoms with Gasteiger partial charge in [-0.1, -0.05) is 0 Å². The van der Waals surface area contributed by atoms with Gasteiger partial charge in [-0.3, -0.25) is 9.07 Å².